The molecule has 0 radical (unpaired) electrons. The van der Waals surface area contributed by atoms with E-state index in [1.165, 1.54) is 12.1 Å². The first-order chi connectivity index (χ1) is 14.0. The Morgan fingerprint density at radius 2 is 1.55 bits per heavy atom. The van der Waals surface area contributed by atoms with Gasteiger partial charge >= 0.3 is 5.51 Å². The molecule has 146 valence electrons. The summed E-state index contributed by atoms with van der Waals surface area (Å²) in [5.41, 5.74) is -1.38. The SMILES string of the molecule is FC(F)(F)Sc1ccc(Nc2ncc(Cc3ccncc3)c3ccccc23)cc1. The van der Waals surface area contributed by atoms with Gasteiger partial charge in [0, 0.05) is 34.6 Å². The fourth-order valence-corrected chi connectivity index (χ4v) is 3.63. The summed E-state index contributed by atoms with van der Waals surface area (Å²) < 4.78 is 37.5. The minimum absolute atomic E-state index is 0.127. The summed E-state index contributed by atoms with van der Waals surface area (Å²) in [6.07, 6.45) is 6.10. The van der Waals surface area contributed by atoms with Gasteiger partial charge in [-0.2, -0.15) is 13.2 Å². The van der Waals surface area contributed by atoms with Gasteiger partial charge in [0.2, 0.25) is 0 Å². The fraction of sp³-hybridized carbons (Fsp3) is 0.0909. The quantitative estimate of drug-likeness (QED) is 0.377. The summed E-state index contributed by atoms with van der Waals surface area (Å²) >= 11 is -0.127. The monoisotopic (exact) mass is 411 g/mol. The third-order valence-corrected chi connectivity index (χ3v) is 5.11. The molecule has 1 N–H and O–H groups in total. The molecule has 0 atom stereocenters. The Labute approximate surface area is 170 Å². The van der Waals surface area contributed by atoms with Crippen LogP contribution in [0.25, 0.3) is 10.8 Å². The largest absolute Gasteiger partial charge is 0.446 e. The van der Waals surface area contributed by atoms with Crippen molar-refractivity contribution in [2.45, 2.75) is 16.8 Å². The molecule has 0 fully saturated rings. The minimum atomic E-state index is -4.29. The number of benzene rings is 2. The lowest BCUT2D eigenvalue weighted by atomic mass is 10.0. The van der Waals surface area contributed by atoms with Crippen LogP contribution in [0.1, 0.15) is 11.1 Å². The van der Waals surface area contributed by atoms with Crippen molar-refractivity contribution in [2.24, 2.45) is 0 Å². The first-order valence-corrected chi connectivity index (χ1v) is 9.68. The van der Waals surface area contributed by atoms with Gasteiger partial charge in [0.05, 0.1) is 0 Å². The van der Waals surface area contributed by atoms with Crippen LogP contribution in [0.5, 0.6) is 0 Å². The molecule has 29 heavy (non-hydrogen) atoms. The third kappa shape index (κ3) is 4.86. The standard InChI is InChI=1S/C22H16F3N3S/c23-22(24,25)29-18-7-5-17(6-8-18)28-21-20-4-2-1-3-19(20)16(14-27-21)13-15-9-11-26-12-10-15/h1-12,14H,13H2,(H,27,28). The van der Waals surface area contributed by atoms with Gasteiger partial charge in [0.25, 0.3) is 0 Å². The van der Waals surface area contributed by atoms with Crippen molar-refractivity contribution in [2.75, 3.05) is 5.32 Å². The first-order valence-electron chi connectivity index (χ1n) is 8.86. The molecule has 4 rings (SSSR count). The highest BCUT2D eigenvalue weighted by molar-refractivity contribution is 8.00. The topological polar surface area (TPSA) is 37.8 Å². The van der Waals surface area contributed by atoms with Crippen molar-refractivity contribution in [3.05, 3.63) is 90.4 Å². The van der Waals surface area contributed by atoms with Crippen LogP contribution < -0.4 is 5.32 Å². The number of alkyl halides is 3. The Kier molecular flexibility index (Phi) is 5.40. The second kappa shape index (κ2) is 8.13. The molecule has 0 aliphatic heterocycles. The van der Waals surface area contributed by atoms with E-state index in [9.17, 15) is 13.2 Å². The van der Waals surface area contributed by atoms with Crippen molar-refractivity contribution in [1.82, 2.24) is 9.97 Å². The van der Waals surface area contributed by atoms with Gasteiger partial charge in [-0.1, -0.05) is 24.3 Å². The Hall–Kier alpha value is -3.06. The Morgan fingerprint density at radius 3 is 2.24 bits per heavy atom. The van der Waals surface area contributed by atoms with E-state index in [4.69, 9.17) is 0 Å². The van der Waals surface area contributed by atoms with E-state index in [1.807, 2.05) is 42.6 Å². The molecular formula is C22H16F3N3S. The molecule has 0 spiro atoms. The normalized spacial score (nSPS) is 11.6. The Bertz CT molecular complexity index is 1110. The fourth-order valence-electron chi connectivity index (χ4n) is 3.09. The number of aromatic nitrogens is 2. The van der Waals surface area contributed by atoms with Crippen LogP contribution in [0, 0.1) is 0 Å². The average molecular weight is 411 g/mol. The number of pyridine rings is 2. The summed E-state index contributed by atoms with van der Waals surface area (Å²) in [7, 11) is 0. The molecule has 4 aromatic rings. The van der Waals surface area contributed by atoms with Gasteiger partial charge in [-0.3, -0.25) is 4.98 Å². The van der Waals surface area contributed by atoms with Crippen molar-refractivity contribution in [3.8, 4) is 0 Å². The predicted octanol–water partition coefficient (Wildman–Crippen LogP) is 6.58. The van der Waals surface area contributed by atoms with Gasteiger partial charge in [0.15, 0.2) is 0 Å². The molecule has 0 aliphatic rings. The zero-order valence-electron chi connectivity index (χ0n) is 15.1. The van der Waals surface area contributed by atoms with E-state index in [0.29, 0.717) is 11.5 Å². The number of nitrogens with zero attached hydrogens (tertiary/aromatic N) is 2. The lowest BCUT2D eigenvalue weighted by Gasteiger charge is -2.13. The molecule has 2 aromatic heterocycles. The lowest BCUT2D eigenvalue weighted by molar-refractivity contribution is -0.0328. The third-order valence-electron chi connectivity index (χ3n) is 4.37. The highest BCUT2D eigenvalue weighted by Crippen LogP contribution is 2.37. The van der Waals surface area contributed by atoms with Crippen molar-refractivity contribution >= 4 is 34.0 Å². The van der Waals surface area contributed by atoms with Crippen LogP contribution in [-0.4, -0.2) is 15.5 Å². The van der Waals surface area contributed by atoms with Crippen LogP contribution >= 0.6 is 11.8 Å². The smallest absolute Gasteiger partial charge is 0.340 e. The Morgan fingerprint density at radius 1 is 0.862 bits per heavy atom. The molecule has 0 saturated heterocycles. The highest BCUT2D eigenvalue weighted by Gasteiger charge is 2.29. The average Bonchev–Trinajstić information content (AvgIpc) is 2.71. The van der Waals surface area contributed by atoms with Crippen LogP contribution in [0.2, 0.25) is 0 Å². The van der Waals surface area contributed by atoms with E-state index in [2.05, 4.69) is 15.3 Å². The summed E-state index contributed by atoms with van der Waals surface area (Å²) in [6, 6.07) is 18.0. The number of hydrogen-bond acceptors (Lipinski definition) is 4. The van der Waals surface area contributed by atoms with E-state index < -0.39 is 5.51 Å². The van der Waals surface area contributed by atoms with Crippen LogP contribution in [0.3, 0.4) is 0 Å². The van der Waals surface area contributed by atoms with Crippen molar-refractivity contribution in [3.63, 3.8) is 0 Å². The zero-order chi connectivity index (χ0) is 20.3. The molecule has 0 saturated carbocycles. The highest BCUT2D eigenvalue weighted by atomic mass is 32.2. The molecule has 0 amide bonds. The number of fused-ring (bicyclic) bond motifs is 1. The molecule has 7 heteroatoms. The summed E-state index contributed by atoms with van der Waals surface area (Å²) in [5.74, 6) is 0.662. The summed E-state index contributed by atoms with van der Waals surface area (Å²) in [6.45, 7) is 0. The molecular weight excluding hydrogens is 395 g/mol. The van der Waals surface area contributed by atoms with Gasteiger partial charge in [0.1, 0.15) is 5.82 Å². The molecule has 2 aromatic carbocycles. The molecule has 2 heterocycles. The number of hydrogen-bond donors (Lipinski definition) is 1. The van der Waals surface area contributed by atoms with E-state index >= 15 is 0 Å². The molecule has 0 unspecified atom stereocenters. The van der Waals surface area contributed by atoms with Crippen LogP contribution in [0.4, 0.5) is 24.7 Å². The second-order valence-electron chi connectivity index (χ2n) is 6.41. The number of nitrogens with one attached hydrogen (secondary N) is 1. The summed E-state index contributed by atoms with van der Waals surface area (Å²) in [4.78, 5) is 8.76. The van der Waals surface area contributed by atoms with Gasteiger partial charge in [-0.05, 0) is 71.1 Å². The molecule has 0 bridgehead atoms. The maximum atomic E-state index is 12.5. The van der Waals surface area contributed by atoms with Crippen LogP contribution in [-0.2, 0) is 6.42 Å². The second-order valence-corrected chi connectivity index (χ2v) is 7.55. The van der Waals surface area contributed by atoms with Crippen molar-refractivity contribution < 1.29 is 13.2 Å². The van der Waals surface area contributed by atoms with Crippen LogP contribution in [0.15, 0.2) is 84.1 Å². The maximum absolute atomic E-state index is 12.5. The number of halogens is 3. The maximum Gasteiger partial charge on any atom is 0.446 e. The predicted molar refractivity (Wildman–Crippen MR) is 110 cm³/mol. The zero-order valence-corrected chi connectivity index (χ0v) is 16.0. The minimum Gasteiger partial charge on any atom is -0.340 e. The van der Waals surface area contributed by atoms with E-state index in [1.54, 1.807) is 24.5 Å². The van der Waals surface area contributed by atoms with Gasteiger partial charge in [-0.25, -0.2) is 4.98 Å². The lowest BCUT2D eigenvalue weighted by Crippen LogP contribution is -2.00. The first kappa shape index (κ1) is 19.3. The molecule has 0 aliphatic carbocycles. The van der Waals surface area contributed by atoms with Crippen molar-refractivity contribution in [1.29, 1.82) is 0 Å². The van der Waals surface area contributed by atoms with Gasteiger partial charge in [-0.15, -0.1) is 0 Å². The van der Waals surface area contributed by atoms with E-state index in [-0.39, 0.29) is 16.7 Å². The number of anilines is 2. The number of rotatable bonds is 5. The Balaban J connectivity index is 1.61. The summed E-state index contributed by atoms with van der Waals surface area (Å²) in [5, 5.41) is 5.24. The number of thioether (sulfide) groups is 1. The molecule has 3 nitrogen and oxygen atoms in total. The van der Waals surface area contributed by atoms with Gasteiger partial charge < -0.3 is 5.32 Å². The van der Waals surface area contributed by atoms with E-state index in [0.717, 1.165) is 28.3 Å².